The van der Waals surface area contributed by atoms with E-state index >= 15 is 0 Å². The van der Waals surface area contributed by atoms with Crippen LogP contribution in [0.1, 0.15) is 75.8 Å². The largest absolute Gasteiger partial charge is 0.205 e. The highest BCUT2D eigenvalue weighted by Gasteiger charge is 2.28. The van der Waals surface area contributed by atoms with E-state index in [1.807, 2.05) is 31.2 Å². The standard InChI is InChI=1S/C28H34ClF/c1-3-4-20-6-8-21(9-7-20)22-10-12-23(13-11-22)24-14-16-25(17-15-24)26-18-5-19(2)27(29)28(26)30/h5,12,14-18,20-22H,3-4,6-11,13H2,1-2H3. The van der Waals surface area contributed by atoms with E-state index in [1.54, 1.807) is 0 Å². The molecule has 0 radical (unpaired) electrons. The van der Waals surface area contributed by atoms with Crippen molar-refractivity contribution in [2.24, 2.45) is 17.8 Å². The van der Waals surface area contributed by atoms with Crippen molar-refractivity contribution < 1.29 is 4.39 Å². The van der Waals surface area contributed by atoms with Gasteiger partial charge in [0.1, 0.15) is 5.82 Å². The molecule has 30 heavy (non-hydrogen) atoms. The molecule has 0 bridgehead atoms. The number of benzene rings is 2. The number of hydrogen-bond acceptors (Lipinski definition) is 0. The molecule has 1 fully saturated rings. The lowest BCUT2D eigenvalue weighted by atomic mass is 9.70. The van der Waals surface area contributed by atoms with E-state index in [0.29, 0.717) is 5.56 Å². The van der Waals surface area contributed by atoms with Crippen LogP contribution in [0.2, 0.25) is 5.02 Å². The van der Waals surface area contributed by atoms with Crippen LogP contribution >= 0.6 is 11.6 Å². The Hall–Kier alpha value is -1.60. The summed E-state index contributed by atoms with van der Waals surface area (Å²) in [5.41, 5.74) is 4.97. The third kappa shape index (κ3) is 4.67. The van der Waals surface area contributed by atoms with Crippen LogP contribution < -0.4 is 0 Å². The van der Waals surface area contributed by atoms with Gasteiger partial charge < -0.3 is 0 Å². The summed E-state index contributed by atoms with van der Waals surface area (Å²) in [6.07, 6.45) is 14.7. The topological polar surface area (TPSA) is 0 Å². The van der Waals surface area contributed by atoms with Gasteiger partial charge in [-0.05, 0) is 79.0 Å². The van der Waals surface area contributed by atoms with Crippen molar-refractivity contribution >= 4 is 17.2 Å². The molecule has 2 aromatic carbocycles. The minimum atomic E-state index is -0.321. The molecular formula is C28H34ClF. The minimum absolute atomic E-state index is 0.223. The van der Waals surface area contributed by atoms with Crippen LogP contribution in [0, 0.1) is 30.5 Å². The average molecular weight is 425 g/mol. The molecule has 0 heterocycles. The minimum Gasteiger partial charge on any atom is -0.205 e. The SMILES string of the molecule is CCCC1CCC(C2CC=C(c3ccc(-c4ccc(C)c(Cl)c4F)cc3)CC2)CC1. The summed E-state index contributed by atoms with van der Waals surface area (Å²) in [5.74, 6) is 2.48. The second kappa shape index (κ2) is 9.69. The van der Waals surface area contributed by atoms with Gasteiger partial charge in [-0.2, -0.15) is 0 Å². The van der Waals surface area contributed by atoms with E-state index in [1.165, 1.54) is 68.9 Å². The third-order valence-electron chi connectivity index (χ3n) is 7.55. The number of aryl methyl sites for hydroxylation is 1. The molecule has 2 aliphatic carbocycles. The van der Waals surface area contributed by atoms with Crippen molar-refractivity contribution in [1.82, 2.24) is 0 Å². The van der Waals surface area contributed by atoms with E-state index in [9.17, 15) is 4.39 Å². The lowest BCUT2D eigenvalue weighted by Crippen LogP contribution is -2.23. The summed E-state index contributed by atoms with van der Waals surface area (Å²) in [6.45, 7) is 4.15. The number of allylic oxidation sites excluding steroid dienone is 2. The highest BCUT2D eigenvalue weighted by molar-refractivity contribution is 6.31. The summed E-state index contributed by atoms with van der Waals surface area (Å²) in [6, 6.07) is 12.1. The summed E-state index contributed by atoms with van der Waals surface area (Å²) in [5, 5.41) is 0.223. The molecule has 4 rings (SSSR count). The predicted octanol–water partition coefficient (Wildman–Crippen LogP) is 9.24. The first-order valence-corrected chi connectivity index (χ1v) is 12.2. The fourth-order valence-corrected chi connectivity index (χ4v) is 5.80. The van der Waals surface area contributed by atoms with Crippen LogP contribution in [-0.2, 0) is 0 Å². The first-order chi connectivity index (χ1) is 14.6. The lowest BCUT2D eigenvalue weighted by Gasteiger charge is -2.35. The van der Waals surface area contributed by atoms with Crippen LogP contribution in [0.25, 0.3) is 16.7 Å². The monoisotopic (exact) mass is 424 g/mol. The molecule has 0 nitrogen and oxygen atoms in total. The molecule has 0 saturated heterocycles. The fourth-order valence-electron chi connectivity index (χ4n) is 5.63. The molecule has 2 aromatic rings. The van der Waals surface area contributed by atoms with Crippen molar-refractivity contribution in [1.29, 1.82) is 0 Å². The van der Waals surface area contributed by atoms with Crippen molar-refractivity contribution in [3.05, 3.63) is 64.4 Å². The van der Waals surface area contributed by atoms with Gasteiger partial charge in [0.25, 0.3) is 0 Å². The normalized spacial score (nSPS) is 24.5. The Bertz CT molecular complexity index is 888. The highest BCUT2D eigenvalue weighted by atomic mass is 35.5. The molecule has 2 aliphatic rings. The second-order valence-corrected chi connectivity index (χ2v) is 9.85. The molecule has 0 N–H and O–H groups in total. The van der Waals surface area contributed by atoms with E-state index in [0.717, 1.165) is 28.9 Å². The van der Waals surface area contributed by atoms with Crippen molar-refractivity contribution in [3.63, 3.8) is 0 Å². The molecule has 0 aromatic heterocycles. The Labute approximate surface area is 186 Å². The zero-order chi connectivity index (χ0) is 21.1. The Kier molecular flexibility index (Phi) is 6.98. The molecule has 0 amide bonds. The maximum atomic E-state index is 14.5. The summed E-state index contributed by atoms with van der Waals surface area (Å²) in [7, 11) is 0. The summed E-state index contributed by atoms with van der Waals surface area (Å²) >= 11 is 6.10. The number of halogens is 2. The summed E-state index contributed by atoms with van der Waals surface area (Å²) < 4.78 is 14.5. The lowest BCUT2D eigenvalue weighted by molar-refractivity contribution is 0.189. The first-order valence-electron chi connectivity index (χ1n) is 11.8. The van der Waals surface area contributed by atoms with Crippen LogP contribution in [0.3, 0.4) is 0 Å². The van der Waals surface area contributed by atoms with Gasteiger partial charge >= 0.3 is 0 Å². The van der Waals surface area contributed by atoms with Crippen LogP contribution in [0.5, 0.6) is 0 Å². The fraction of sp³-hybridized carbons (Fsp3) is 0.500. The van der Waals surface area contributed by atoms with E-state index in [4.69, 9.17) is 11.6 Å². The molecule has 1 unspecified atom stereocenters. The number of rotatable bonds is 5. The van der Waals surface area contributed by atoms with Crippen molar-refractivity contribution in [2.45, 2.75) is 71.6 Å². The van der Waals surface area contributed by atoms with Gasteiger partial charge in [-0.25, -0.2) is 4.39 Å². The maximum Gasteiger partial charge on any atom is 0.149 e. The van der Waals surface area contributed by atoms with Gasteiger partial charge in [-0.15, -0.1) is 0 Å². The predicted molar refractivity (Wildman–Crippen MR) is 127 cm³/mol. The average Bonchev–Trinajstić information content (AvgIpc) is 2.79. The van der Waals surface area contributed by atoms with Crippen LogP contribution in [-0.4, -0.2) is 0 Å². The number of hydrogen-bond donors (Lipinski definition) is 0. The Morgan fingerprint density at radius 3 is 2.23 bits per heavy atom. The second-order valence-electron chi connectivity index (χ2n) is 9.47. The molecule has 0 spiro atoms. The molecular weight excluding hydrogens is 391 g/mol. The molecule has 1 saturated carbocycles. The Balaban J connectivity index is 1.40. The zero-order valence-electron chi connectivity index (χ0n) is 18.4. The van der Waals surface area contributed by atoms with Gasteiger partial charge in [0.05, 0.1) is 5.02 Å². The van der Waals surface area contributed by atoms with E-state index < -0.39 is 0 Å². The van der Waals surface area contributed by atoms with Crippen molar-refractivity contribution in [3.8, 4) is 11.1 Å². The Morgan fingerprint density at radius 2 is 1.60 bits per heavy atom. The smallest absolute Gasteiger partial charge is 0.149 e. The van der Waals surface area contributed by atoms with Gasteiger partial charge in [0.15, 0.2) is 0 Å². The van der Waals surface area contributed by atoms with Gasteiger partial charge in [-0.1, -0.05) is 86.7 Å². The van der Waals surface area contributed by atoms with Gasteiger partial charge in [0, 0.05) is 5.56 Å². The van der Waals surface area contributed by atoms with Crippen LogP contribution in [0.15, 0.2) is 42.5 Å². The molecule has 2 heteroatoms. The van der Waals surface area contributed by atoms with Crippen LogP contribution in [0.4, 0.5) is 4.39 Å². The van der Waals surface area contributed by atoms with Gasteiger partial charge in [-0.3, -0.25) is 0 Å². The highest BCUT2D eigenvalue weighted by Crippen LogP contribution is 2.42. The Morgan fingerprint density at radius 1 is 0.900 bits per heavy atom. The quantitative estimate of drug-likeness (QED) is 0.448. The third-order valence-corrected chi connectivity index (χ3v) is 8.01. The molecule has 160 valence electrons. The summed E-state index contributed by atoms with van der Waals surface area (Å²) in [4.78, 5) is 0. The van der Waals surface area contributed by atoms with E-state index in [2.05, 4.69) is 25.1 Å². The molecule has 1 atom stereocenters. The maximum absolute atomic E-state index is 14.5. The first kappa shape index (κ1) is 21.6. The zero-order valence-corrected chi connectivity index (χ0v) is 19.1. The van der Waals surface area contributed by atoms with Crippen molar-refractivity contribution in [2.75, 3.05) is 0 Å². The van der Waals surface area contributed by atoms with Gasteiger partial charge in [0.2, 0.25) is 0 Å². The molecule has 0 aliphatic heterocycles. The van der Waals surface area contributed by atoms with E-state index in [-0.39, 0.29) is 10.8 Å².